The molecule has 0 radical (unpaired) electrons. The van der Waals surface area contributed by atoms with Crippen molar-refractivity contribution in [3.8, 4) is 0 Å². The fourth-order valence-corrected chi connectivity index (χ4v) is 7.34. The summed E-state index contributed by atoms with van der Waals surface area (Å²) in [6, 6.07) is 0. The number of hydrogen-bond acceptors (Lipinski definition) is 1. The molecule has 0 amide bonds. The van der Waals surface area contributed by atoms with Crippen molar-refractivity contribution >= 4 is 47.8 Å². The van der Waals surface area contributed by atoms with Gasteiger partial charge in [0.15, 0.2) is 0 Å². The monoisotopic (exact) mass is 630 g/mol. The Labute approximate surface area is 221 Å². The van der Waals surface area contributed by atoms with Gasteiger partial charge in [0.2, 0.25) is 0 Å². The zero-order valence-corrected chi connectivity index (χ0v) is 25.2. The summed E-state index contributed by atoms with van der Waals surface area (Å²) in [5.74, 6) is 1.24. The number of rotatable bonds is 5. The molecular formula is C28H41Br3O. The van der Waals surface area contributed by atoms with Gasteiger partial charge in [0.1, 0.15) is 0 Å². The molecular weight excluding hydrogens is 592 g/mol. The topological polar surface area (TPSA) is 20.2 Å². The number of allylic oxidation sites excluding steroid dienone is 6. The normalized spacial score (nSPS) is 38.2. The van der Waals surface area contributed by atoms with Gasteiger partial charge in [-0.15, -0.1) is 0 Å². The minimum absolute atomic E-state index is 0.0351. The molecule has 4 heteroatoms. The first kappa shape index (κ1) is 27.0. The van der Waals surface area contributed by atoms with Crippen molar-refractivity contribution in [2.45, 2.75) is 105 Å². The summed E-state index contributed by atoms with van der Waals surface area (Å²) in [4.78, 5) is 0. The van der Waals surface area contributed by atoms with Gasteiger partial charge in [-0.25, -0.2) is 0 Å². The molecule has 3 aliphatic rings. The molecule has 0 aromatic rings. The standard InChI is InChI=1S/C28H41Br3O/c1-19-9-12-22(32)18-21(19)11-10-20-8-7-15-26(4)23(20)13-14-24(26)27(5,30)16-17-28(6,31)25(2,3)29/h10-11,16-17,22-24,32H,1,7-9,12-15,18H2,2-6H3/b17-16-,20-10+,21-11-. The number of halogens is 3. The summed E-state index contributed by atoms with van der Waals surface area (Å²) in [5, 5.41) is 10.1. The summed E-state index contributed by atoms with van der Waals surface area (Å²) in [6.07, 6.45) is 18.0. The minimum Gasteiger partial charge on any atom is -0.393 e. The van der Waals surface area contributed by atoms with Crippen LogP contribution < -0.4 is 0 Å². The Morgan fingerprint density at radius 1 is 1.00 bits per heavy atom. The quantitative estimate of drug-likeness (QED) is 0.237. The summed E-state index contributed by atoms with van der Waals surface area (Å²) in [6.45, 7) is 15.8. The Hall–Kier alpha value is 0.360. The van der Waals surface area contributed by atoms with Gasteiger partial charge in [-0.3, -0.25) is 0 Å². The summed E-state index contributed by atoms with van der Waals surface area (Å²) < 4.78 is -0.191. The summed E-state index contributed by atoms with van der Waals surface area (Å²) >= 11 is 11.9. The molecule has 0 spiro atoms. The molecule has 1 N–H and O–H groups in total. The predicted molar refractivity (Wildman–Crippen MR) is 150 cm³/mol. The van der Waals surface area contributed by atoms with Crippen LogP contribution in [-0.4, -0.2) is 24.2 Å². The highest BCUT2D eigenvalue weighted by Crippen LogP contribution is 2.62. The van der Waals surface area contributed by atoms with E-state index < -0.39 is 0 Å². The van der Waals surface area contributed by atoms with Crippen LogP contribution in [0.1, 0.15) is 86.0 Å². The third-order valence-corrected chi connectivity index (χ3v) is 12.1. The van der Waals surface area contributed by atoms with E-state index in [-0.39, 0.29) is 19.1 Å². The van der Waals surface area contributed by atoms with E-state index in [0.717, 1.165) is 19.3 Å². The van der Waals surface area contributed by atoms with E-state index in [1.165, 1.54) is 43.3 Å². The molecule has 0 aliphatic heterocycles. The number of aliphatic hydroxyl groups excluding tert-OH is 1. The van der Waals surface area contributed by atoms with Gasteiger partial charge in [-0.1, -0.05) is 96.7 Å². The lowest BCUT2D eigenvalue weighted by Gasteiger charge is -2.46. The van der Waals surface area contributed by atoms with Crippen LogP contribution in [0.25, 0.3) is 0 Å². The van der Waals surface area contributed by atoms with Crippen molar-refractivity contribution in [3.63, 3.8) is 0 Å². The Kier molecular flexibility index (Phi) is 8.24. The van der Waals surface area contributed by atoms with Crippen molar-refractivity contribution in [3.05, 3.63) is 47.6 Å². The average molecular weight is 633 g/mol. The lowest BCUT2D eigenvalue weighted by atomic mass is 9.61. The van der Waals surface area contributed by atoms with Gasteiger partial charge >= 0.3 is 0 Å². The lowest BCUT2D eigenvalue weighted by molar-refractivity contribution is 0.123. The lowest BCUT2D eigenvalue weighted by Crippen LogP contribution is -2.42. The van der Waals surface area contributed by atoms with Gasteiger partial charge in [0.05, 0.1) is 10.4 Å². The number of alkyl halides is 3. The molecule has 3 rings (SSSR count). The zero-order valence-electron chi connectivity index (χ0n) is 20.5. The Bertz CT molecular complexity index is 811. The third kappa shape index (κ3) is 5.60. The second-order valence-electron chi connectivity index (χ2n) is 11.5. The molecule has 1 nitrogen and oxygen atoms in total. The van der Waals surface area contributed by atoms with E-state index in [0.29, 0.717) is 17.3 Å². The first-order valence-corrected chi connectivity index (χ1v) is 14.6. The van der Waals surface area contributed by atoms with Crippen LogP contribution in [0, 0.1) is 17.3 Å². The fourth-order valence-electron chi connectivity index (χ4n) is 6.20. The van der Waals surface area contributed by atoms with E-state index in [1.54, 1.807) is 5.57 Å². The van der Waals surface area contributed by atoms with Crippen LogP contribution in [0.3, 0.4) is 0 Å². The Morgan fingerprint density at radius 2 is 1.69 bits per heavy atom. The van der Waals surface area contributed by atoms with Crippen LogP contribution in [0.15, 0.2) is 47.6 Å². The van der Waals surface area contributed by atoms with Gasteiger partial charge in [-0.2, -0.15) is 0 Å². The van der Waals surface area contributed by atoms with Gasteiger partial charge in [0, 0.05) is 8.65 Å². The molecule has 6 unspecified atom stereocenters. The Balaban J connectivity index is 1.83. The largest absolute Gasteiger partial charge is 0.393 e. The molecule has 6 atom stereocenters. The maximum atomic E-state index is 10.1. The number of hydrogen-bond donors (Lipinski definition) is 1. The maximum Gasteiger partial charge on any atom is 0.0583 e. The van der Waals surface area contributed by atoms with E-state index in [9.17, 15) is 5.11 Å². The van der Waals surface area contributed by atoms with Crippen LogP contribution >= 0.6 is 47.8 Å². The van der Waals surface area contributed by atoms with E-state index in [2.05, 4.69) is 113 Å². The van der Waals surface area contributed by atoms with Crippen LogP contribution in [0.4, 0.5) is 0 Å². The highest BCUT2D eigenvalue weighted by molar-refractivity contribution is 9.13. The molecule has 32 heavy (non-hydrogen) atoms. The minimum atomic E-state index is -0.205. The SMILES string of the molecule is C=C1CCC(O)C/C1=C/C=C1\CCCC2(C)C1CCC2C(C)(Br)/C=C\C(C)(Br)C(C)(C)Br. The summed E-state index contributed by atoms with van der Waals surface area (Å²) in [5.41, 5.74) is 4.38. The molecule has 0 aromatic carbocycles. The third-order valence-electron chi connectivity index (χ3n) is 8.72. The second-order valence-corrected chi connectivity index (χ2v) is 16.8. The molecule has 3 aliphatic carbocycles. The Morgan fingerprint density at radius 3 is 2.34 bits per heavy atom. The van der Waals surface area contributed by atoms with Crippen molar-refractivity contribution in [1.29, 1.82) is 0 Å². The fraction of sp³-hybridized carbons (Fsp3) is 0.714. The highest BCUT2D eigenvalue weighted by atomic mass is 79.9. The molecule has 180 valence electrons. The number of aliphatic hydroxyl groups is 1. The van der Waals surface area contributed by atoms with Crippen molar-refractivity contribution in [1.82, 2.24) is 0 Å². The van der Waals surface area contributed by atoms with E-state index >= 15 is 0 Å². The van der Waals surface area contributed by atoms with Crippen LogP contribution in [0.2, 0.25) is 0 Å². The predicted octanol–water partition coefficient (Wildman–Crippen LogP) is 9.19. The van der Waals surface area contributed by atoms with Crippen LogP contribution in [-0.2, 0) is 0 Å². The highest BCUT2D eigenvalue weighted by Gasteiger charge is 2.54. The molecule has 0 aromatic heterocycles. The van der Waals surface area contributed by atoms with Crippen LogP contribution in [0.5, 0.6) is 0 Å². The first-order chi connectivity index (χ1) is 14.7. The smallest absolute Gasteiger partial charge is 0.0583 e. The van der Waals surface area contributed by atoms with Crippen molar-refractivity contribution in [2.24, 2.45) is 17.3 Å². The molecule has 0 saturated heterocycles. The zero-order chi connectivity index (χ0) is 23.9. The molecule has 0 bridgehead atoms. The second kappa shape index (κ2) is 9.78. The summed E-state index contributed by atoms with van der Waals surface area (Å²) in [7, 11) is 0. The molecule has 0 heterocycles. The van der Waals surface area contributed by atoms with E-state index in [4.69, 9.17) is 0 Å². The average Bonchev–Trinajstić information content (AvgIpc) is 3.05. The van der Waals surface area contributed by atoms with Gasteiger partial charge < -0.3 is 5.11 Å². The van der Waals surface area contributed by atoms with Crippen molar-refractivity contribution in [2.75, 3.05) is 0 Å². The maximum absolute atomic E-state index is 10.1. The van der Waals surface area contributed by atoms with Gasteiger partial charge in [0.25, 0.3) is 0 Å². The van der Waals surface area contributed by atoms with E-state index in [1.807, 2.05) is 0 Å². The molecule has 3 fully saturated rings. The van der Waals surface area contributed by atoms with Gasteiger partial charge in [-0.05, 0) is 102 Å². The number of fused-ring (bicyclic) bond motifs is 1. The molecule has 3 saturated carbocycles. The first-order valence-electron chi connectivity index (χ1n) is 12.2. The van der Waals surface area contributed by atoms with Crippen molar-refractivity contribution < 1.29 is 5.11 Å².